The van der Waals surface area contributed by atoms with E-state index >= 15 is 0 Å². The fourth-order valence-corrected chi connectivity index (χ4v) is 1.35. The van der Waals surface area contributed by atoms with Crippen molar-refractivity contribution in [3.8, 4) is 0 Å². The smallest absolute Gasteiger partial charge is 0.317 e. The number of rotatable bonds is 0. The normalized spacial score (nSPS) is 22.1. The number of amides is 2. The molecular formula is C8H16N2O2. The van der Waals surface area contributed by atoms with Crippen molar-refractivity contribution < 1.29 is 9.90 Å². The molecule has 2 N–H and O–H groups in total. The van der Waals surface area contributed by atoms with Crippen LogP contribution in [0.3, 0.4) is 0 Å². The van der Waals surface area contributed by atoms with E-state index in [2.05, 4.69) is 5.32 Å². The van der Waals surface area contributed by atoms with E-state index in [1.165, 1.54) is 0 Å². The van der Waals surface area contributed by atoms with Gasteiger partial charge in [-0.25, -0.2) is 4.79 Å². The maximum Gasteiger partial charge on any atom is 0.317 e. The van der Waals surface area contributed by atoms with Crippen LogP contribution in [0.1, 0.15) is 19.8 Å². The Labute approximate surface area is 72.6 Å². The lowest BCUT2D eigenvalue weighted by molar-refractivity contribution is 0.00457. The average molecular weight is 172 g/mol. The molecule has 1 heterocycles. The Morgan fingerprint density at radius 2 is 2.00 bits per heavy atom. The van der Waals surface area contributed by atoms with Gasteiger partial charge in [-0.15, -0.1) is 0 Å². The molecular weight excluding hydrogens is 156 g/mol. The summed E-state index contributed by atoms with van der Waals surface area (Å²) in [5, 5.41) is 12.2. The van der Waals surface area contributed by atoms with Gasteiger partial charge in [0.05, 0.1) is 5.60 Å². The van der Waals surface area contributed by atoms with Crippen molar-refractivity contribution in [2.24, 2.45) is 0 Å². The summed E-state index contributed by atoms with van der Waals surface area (Å²) in [5.41, 5.74) is -0.579. The summed E-state index contributed by atoms with van der Waals surface area (Å²) in [6.45, 7) is 3.10. The molecule has 12 heavy (non-hydrogen) atoms. The van der Waals surface area contributed by atoms with Crippen molar-refractivity contribution >= 4 is 6.03 Å². The van der Waals surface area contributed by atoms with Gasteiger partial charge in [0.15, 0.2) is 0 Å². The lowest BCUT2D eigenvalue weighted by Crippen LogP contribution is -2.48. The summed E-state index contributed by atoms with van der Waals surface area (Å²) >= 11 is 0. The van der Waals surface area contributed by atoms with Crippen LogP contribution < -0.4 is 5.32 Å². The molecule has 0 aromatic carbocycles. The van der Waals surface area contributed by atoms with Crippen LogP contribution in [-0.4, -0.2) is 41.8 Å². The van der Waals surface area contributed by atoms with E-state index in [0.29, 0.717) is 25.9 Å². The molecule has 4 heteroatoms. The van der Waals surface area contributed by atoms with Crippen LogP contribution in [0.15, 0.2) is 0 Å². The zero-order valence-corrected chi connectivity index (χ0v) is 7.63. The lowest BCUT2D eigenvalue weighted by atomic mass is 9.94. The second kappa shape index (κ2) is 3.31. The van der Waals surface area contributed by atoms with Crippen molar-refractivity contribution in [1.82, 2.24) is 10.2 Å². The van der Waals surface area contributed by atoms with E-state index in [9.17, 15) is 9.90 Å². The van der Waals surface area contributed by atoms with E-state index in [4.69, 9.17) is 0 Å². The van der Waals surface area contributed by atoms with Crippen molar-refractivity contribution in [3.05, 3.63) is 0 Å². The molecule has 0 aliphatic carbocycles. The third kappa shape index (κ3) is 2.11. The monoisotopic (exact) mass is 172 g/mol. The zero-order valence-electron chi connectivity index (χ0n) is 7.63. The molecule has 1 aliphatic rings. The summed E-state index contributed by atoms with van der Waals surface area (Å²) in [6.07, 6.45) is 1.33. The molecule has 0 unspecified atom stereocenters. The first kappa shape index (κ1) is 9.32. The molecule has 2 amide bonds. The van der Waals surface area contributed by atoms with Crippen molar-refractivity contribution in [2.75, 3.05) is 20.1 Å². The molecule has 0 atom stereocenters. The maximum atomic E-state index is 11.1. The first-order valence-electron chi connectivity index (χ1n) is 4.24. The predicted molar refractivity (Wildman–Crippen MR) is 45.9 cm³/mol. The number of carbonyl (C=O) groups excluding carboxylic acids is 1. The van der Waals surface area contributed by atoms with E-state index in [0.717, 1.165) is 0 Å². The van der Waals surface area contributed by atoms with E-state index in [-0.39, 0.29) is 6.03 Å². The quantitative estimate of drug-likeness (QED) is 0.547. The highest BCUT2D eigenvalue weighted by Crippen LogP contribution is 2.20. The van der Waals surface area contributed by atoms with Crippen LogP contribution in [0.2, 0.25) is 0 Å². The van der Waals surface area contributed by atoms with Crippen LogP contribution in [0, 0.1) is 0 Å². The Morgan fingerprint density at radius 1 is 1.50 bits per heavy atom. The van der Waals surface area contributed by atoms with Crippen LogP contribution in [0.25, 0.3) is 0 Å². The molecule has 0 bridgehead atoms. The van der Waals surface area contributed by atoms with Gasteiger partial charge in [0.2, 0.25) is 0 Å². The summed E-state index contributed by atoms with van der Waals surface area (Å²) in [6, 6.07) is -0.0505. The minimum absolute atomic E-state index is 0.0505. The number of nitrogens with one attached hydrogen (secondary N) is 1. The zero-order chi connectivity index (χ0) is 9.19. The number of hydrogen-bond donors (Lipinski definition) is 2. The fraction of sp³-hybridized carbons (Fsp3) is 0.875. The van der Waals surface area contributed by atoms with Gasteiger partial charge in [0.1, 0.15) is 0 Å². The van der Waals surface area contributed by atoms with Gasteiger partial charge in [-0.2, -0.15) is 0 Å². The molecule has 0 saturated carbocycles. The van der Waals surface area contributed by atoms with Gasteiger partial charge < -0.3 is 15.3 Å². The second-order valence-electron chi connectivity index (χ2n) is 3.54. The molecule has 70 valence electrons. The summed E-state index contributed by atoms with van der Waals surface area (Å²) < 4.78 is 0. The van der Waals surface area contributed by atoms with Crippen molar-refractivity contribution in [3.63, 3.8) is 0 Å². The Bertz CT molecular complexity index is 170. The summed E-state index contributed by atoms with van der Waals surface area (Å²) in [7, 11) is 1.62. The molecule has 1 rings (SSSR count). The first-order chi connectivity index (χ1) is 5.55. The summed E-state index contributed by atoms with van der Waals surface area (Å²) in [5.74, 6) is 0. The molecule has 0 aromatic rings. The van der Waals surface area contributed by atoms with Gasteiger partial charge in [0.25, 0.3) is 0 Å². The Morgan fingerprint density at radius 3 is 2.42 bits per heavy atom. The van der Waals surface area contributed by atoms with Crippen molar-refractivity contribution in [1.29, 1.82) is 0 Å². The SMILES string of the molecule is CNC(=O)N1CCC(C)(O)CC1. The van der Waals surface area contributed by atoms with Gasteiger partial charge in [0, 0.05) is 20.1 Å². The van der Waals surface area contributed by atoms with Gasteiger partial charge >= 0.3 is 6.03 Å². The third-order valence-corrected chi connectivity index (χ3v) is 2.34. The molecule has 1 saturated heterocycles. The molecule has 0 aromatic heterocycles. The third-order valence-electron chi connectivity index (χ3n) is 2.34. The number of nitrogens with zero attached hydrogens (tertiary/aromatic N) is 1. The number of hydrogen-bond acceptors (Lipinski definition) is 2. The van der Waals surface area contributed by atoms with Gasteiger partial charge in [-0.1, -0.05) is 0 Å². The number of aliphatic hydroxyl groups is 1. The topological polar surface area (TPSA) is 52.6 Å². The van der Waals surface area contributed by atoms with E-state index in [1.54, 1.807) is 11.9 Å². The largest absolute Gasteiger partial charge is 0.390 e. The molecule has 1 aliphatic heterocycles. The van der Waals surface area contributed by atoms with Crippen molar-refractivity contribution in [2.45, 2.75) is 25.4 Å². The highest BCUT2D eigenvalue weighted by molar-refractivity contribution is 5.73. The lowest BCUT2D eigenvalue weighted by Gasteiger charge is -2.35. The fourth-order valence-electron chi connectivity index (χ4n) is 1.35. The summed E-state index contributed by atoms with van der Waals surface area (Å²) in [4.78, 5) is 12.8. The van der Waals surface area contributed by atoms with Crippen LogP contribution in [0.5, 0.6) is 0 Å². The average Bonchev–Trinajstić information content (AvgIpc) is 2.03. The molecule has 0 spiro atoms. The van der Waals surface area contributed by atoms with Crippen LogP contribution in [-0.2, 0) is 0 Å². The highest BCUT2D eigenvalue weighted by Gasteiger charge is 2.28. The number of carbonyl (C=O) groups is 1. The number of urea groups is 1. The Balaban J connectivity index is 2.41. The highest BCUT2D eigenvalue weighted by atomic mass is 16.3. The minimum Gasteiger partial charge on any atom is -0.390 e. The predicted octanol–water partition coefficient (Wildman–Crippen LogP) is 0.173. The standard InChI is InChI=1S/C8H16N2O2/c1-8(12)3-5-10(6-4-8)7(11)9-2/h12H,3-6H2,1-2H3,(H,9,11). The van der Waals surface area contributed by atoms with E-state index < -0.39 is 5.60 Å². The first-order valence-corrected chi connectivity index (χ1v) is 4.24. The maximum absolute atomic E-state index is 11.1. The number of piperidine rings is 1. The van der Waals surface area contributed by atoms with Gasteiger partial charge in [-0.3, -0.25) is 0 Å². The number of likely N-dealkylation sites (tertiary alicyclic amines) is 1. The van der Waals surface area contributed by atoms with Crippen LogP contribution >= 0.6 is 0 Å². The second-order valence-corrected chi connectivity index (χ2v) is 3.54. The molecule has 1 fully saturated rings. The minimum atomic E-state index is -0.579. The Kier molecular flexibility index (Phi) is 2.57. The molecule has 0 radical (unpaired) electrons. The van der Waals surface area contributed by atoms with Crippen LogP contribution in [0.4, 0.5) is 4.79 Å². The van der Waals surface area contributed by atoms with Gasteiger partial charge in [-0.05, 0) is 19.8 Å². The van der Waals surface area contributed by atoms with E-state index in [1.807, 2.05) is 6.92 Å². The Hall–Kier alpha value is -0.770. The molecule has 4 nitrogen and oxygen atoms in total.